The molecule has 1 aromatic carbocycles. The maximum atomic E-state index is 12.0. The van der Waals surface area contributed by atoms with Crippen LogP contribution in [0.4, 0.5) is 11.4 Å². The quantitative estimate of drug-likeness (QED) is 0.664. The number of methoxy groups -OCH3 is 1. The molecule has 0 aliphatic rings. The highest BCUT2D eigenvalue weighted by Crippen LogP contribution is 2.28. The molecule has 0 saturated carbocycles. The van der Waals surface area contributed by atoms with E-state index in [1.807, 2.05) is 0 Å². The molecule has 0 radical (unpaired) electrons. The van der Waals surface area contributed by atoms with Crippen molar-refractivity contribution in [1.82, 2.24) is 10.2 Å². The summed E-state index contributed by atoms with van der Waals surface area (Å²) in [5.74, 6) is -0.466. The zero-order valence-electron chi connectivity index (χ0n) is 10.2. The molecular weight excluding hydrogens is 288 g/mol. The fraction of sp³-hybridized carbons (Fsp3) is 0.0909. The lowest BCUT2D eigenvalue weighted by Gasteiger charge is -2.05. The van der Waals surface area contributed by atoms with E-state index >= 15 is 0 Å². The van der Waals surface area contributed by atoms with E-state index in [1.165, 1.54) is 25.4 Å². The monoisotopic (exact) mass is 296 g/mol. The topological polar surface area (TPSA) is 110 Å². The molecule has 9 heteroatoms. The van der Waals surface area contributed by atoms with Gasteiger partial charge >= 0.3 is 5.69 Å². The number of benzene rings is 1. The minimum atomic E-state index is -0.625. The van der Waals surface area contributed by atoms with E-state index in [0.717, 1.165) is 6.07 Å². The zero-order chi connectivity index (χ0) is 14.7. The van der Waals surface area contributed by atoms with E-state index in [1.54, 1.807) is 0 Å². The van der Waals surface area contributed by atoms with Gasteiger partial charge in [-0.1, -0.05) is 11.6 Å². The van der Waals surface area contributed by atoms with Gasteiger partial charge in [0.15, 0.2) is 5.75 Å². The molecule has 1 amide bonds. The summed E-state index contributed by atoms with van der Waals surface area (Å²) >= 11 is 5.74. The second-order valence-electron chi connectivity index (χ2n) is 3.70. The van der Waals surface area contributed by atoms with Crippen LogP contribution in [0.2, 0.25) is 5.15 Å². The summed E-state index contributed by atoms with van der Waals surface area (Å²) in [4.78, 5) is 22.2. The van der Waals surface area contributed by atoms with E-state index in [2.05, 4.69) is 15.5 Å². The molecule has 104 valence electrons. The molecule has 0 bridgehead atoms. The summed E-state index contributed by atoms with van der Waals surface area (Å²) in [5, 5.41) is 19.6. The summed E-state index contributed by atoms with van der Waals surface area (Å²) in [6.07, 6.45) is 1.33. The van der Waals surface area contributed by atoms with Crippen LogP contribution in [0.25, 0.3) is 0 Å². The fourth-order valence-corrected chi connectivity index (χ4v) is 1.67. The van der Waals surface area contributed by atoms with Crippen LogP contribution in [-0.2, 0) is 0 Å². The zero-order valence-corrected chi connectivity index (χ0v) is 11.0. The summed E-state index contributed by atoms with van der Waals surface area (Å²) in [6.45, 7) is 0. The Morgan fingerprint density at radius 2 is 2.30 bits per heavy atom. The molecule has 0 aliphatic carbocycles. The van der Waals surface area contributed by atoms with Gasteiger partial charge < -0.3 is 10.1 Å². The minimum Gasteiger partial charge on any atom is -0.490 e. The first-order valence-corrected chi connectivity index (χ1v) is 5.73. The largest absolute Gasteiger partial charge is 0.490 e. The molecule has 1 heterocycles. The van der Waals surface area contributed by atoms with Gasteiger partial charge in [0.1, 0.15) is 5.15 Å². The van der Waals surface area contributed by atoms with Gasteiger partial charge in [-0.05, 0) is 12.1 Å². The van der Waals surface area contributed by atoms with Gasteiger partial charge in [0.05, 0.1) is 23.9 Å². The van der Waals surface area contributed by atoms with Crippen LogP contribution in [0.1, 0.15) is 10.4 Å². The molecule has 1 aromatic heterocycles. The number of H-pyrrole nitrogens is 1. The maximum absolute atomic E-state index is 12.0. The number of nitro benzene ring substituents is 1. The molecule has 2 N–H and O–H groups in total. The number of nitrogens with zero attached hydrogens (tertiary/aromatic N) is 2. The molecule has 2 aromatic rings. The number of nitrogens with one attached hydrogen (secondary N) is 2. The third kappa shape index (κ3) is 2.69. The smallest absolute Gasteiger partial charge is 0.311 e. The van der Waals surface area contributed by atoms with Crippen molar-refractivity contribution >= 4 is 28.9 Å². The number of carbonyl (C=O) groups is 1. The first-order valence-electron chi connectivity index (χ1n) is 5.35. The Labute approximate surface area is 117 Å². The Bertz CT molecular complexity index is 670. The van der Waals surface area contributed by atoms with Crippen molar-refractivity contribution in [2.75, 3.05) is 12.4 Å². The third-order valence-electron chi connectivity index (χ3n) is 2.48. The highest BCUT2D eigenvalue weighted by molar-refractivity contribution is 6.32. The lowest BCUT2D eigenvalue weighted by molar-refractivity contribution is -0.385. The van der Waals surface area contributed by atoms with Gasteiger partial charge in [-0.25, -0.2) is 0 Å². The first-order chi connectivity index (χ1) is 9.52. The molecule has 0 saturated heterocycles. The second kappa shape index (κ2) is 5.57. The number of hydrogen-bond donors (Lipinski definition) is 2. The fourth-order valence-electron chi connectivity index (χ4n) is 1.53. The summed E-state index contributed by atoms with van der Waals surface area (Å²) in [6, 6.07) is 3.89. The molecule has 2 rings (SSSR count). The average molecular weight is 297 g/mol. The van der Waals surface area contributed by atoms with E-state index in [0.29, 0.717) is 0 Å². The molecule has 0 fully saturated rings. The lowest BCUT2D eigenvalue weighted by atomic mass is 10.1. The van der Waals surface area contributed by atoms with Gasteiger partial charge in [0.25, 0.3) is 5.91 Å². The van der Waals surface area contributed by atoms with E-state index < -0.39 is 10.8 Å². The van der Waals surface area contributed by atoms with Crippen LogP contribution in [0.5, 0.6) is 5.75 Å². The second-order valence-corrected chi connectivity index (χ2v) is 4.07. The Kier molecular flexibility index (Phi) is 3.85. The van der Waals surface area contributed by atoms with E-state index in [9.17, 15) is 14.9 Å². The molecule has 0 spiro atoms. The minimum absolute atomic E-state index is 0.0768. The molecule has 8 nitrogen and oxygen atoms in total. The van der Waals surface area contributed by atoms with Crippen LogP contribution in [0.3, 0.4) is 0 Å². The number of amides is 1. The third-order valence-corrected chi connectivity index (χ3v) is 2.77. The highest BCUT2D eigenvalue weighted by Gasteiger charge is 2.18. The SMILES string of the molecule is COc1ccc(C(=O)Nc2cn[nH]c2Cl)cc1[N+](=O)[O-]. The number of nitro groups is 1. The van der Waals surface area contributed by atoms with Crippen LogP contribution in [0, 0.1) is 10.1 Å². The van der Waals surface area contributed by atoms with Crippen molar-refractivity contribution < 1.29 is 14.5 Å². The standard InChI is InChI=1S/C11H9ClN4O4/c1-20-9-3-2-6(4-8(9)16(18)19)11(17)14-7-5-13-15-10(7)12/h2-5H,1H3,(H,13,15)(H,14,17). The Hall–Kier alpha value is -2.61. The number of halogens is 1. The summed E-state index contributed by atoms with van der Waals surface area (Å²) in [7, 11) is 1.31. The van der Waals surface area contributed by atoms with Crippen molar-refractivity contribution in [3.63, 3.8) is 0 Å². The summed E-state index contributed by atoms with van der Waals surface area (Å²) in [5.41, 5.74) is 0.100. The number of rotatable bonds is 4. The predicted molar refractivity (Wildman–Crippen MR) is 71.2 cm³/mol. The molecule has 20 heavy (non-hydrogen) atoms. The normalized spacial score (nSPS) is 10.1. The number of aromatic nitrogens is 2. The van der Waals surface area contributed by atoms with E-state index in [4.69, 9.17) is 16.3 Å². The molecular formula is C11H9ClN4O4. The van der Waals surface area contributed by atoms with Crippen molar-refractivity contribution in [3.05, 3.63) is 45.2 Å². The van der Waals surface area contributed by atoms with Crippen LogP contribution >= 0.6 is 11.6 Å². The molecule has 0 unspecified atom stereocenters. The number of anilines is 1. The summed E-state index contributed by atoms with van der Waals surface area (Å²) < 4.78 is 4.86. The van der Waals surface area contributed by atoms with Crippen molar-refractivity contribution in [2.45, 2.75) is 0 Å². The number of hydrogen-bond acceptors (Lipinski definition) is 5. The van der Waals surface area contributed by atoms with Gasteiger partial charge in [-0.3, -0.25) is 20.0 Å². The van der Waals surface area contributed by atoms with E-state index in [-0.39, 0.29) is 27.8 Å². The van der Waals surface area contributed by atoms with Gasteiger partial charge in [0.2, 0.25) is 0 Å². The van der Waals surface area contributed by atoms with Crippen LogP contribution in [-0.4, -0.2) is 28.1 Å². The number of aromatic amines is 1. The van der Waals surface area contributed by atoms with Crippen LogP contribution in [0.15, 0.2) is 24.4 Å². The molecule has 0 aliphatic heterocycles. The highest BCUT2D eigenvalue weighted by atomic mass is 35.5. The van der Waals surface area contributed by atoms with Crippen molar-refractivity contribution in [1.29, 1.82) is 0 Å². The first kappa shape index (κ1) is 13.8. The van der Waals surface area contributed by atoms with Crippen molar-refractivity contribution in [2.24, 2.45) is 0 Å². The number of carbonyl (C=O) groups excluding carboxylic acids is 1. The maximum Gasteiger partial charge on any atom is 0.311 e. The Morgan fingerprint density at radius 3 is 2.85 bits per heavy atom. The van der Waals surface area contributed by atoms with Crippen molar-refractivity contribution in [3.8, 4) is 5.75 Å². The van der Waals surface area contributed by atoms with Gasteiger partial charge in [-0.2, -0.15) is 5.10 Å². The Morgan fingerprint density at radius 1 is 1.55 bits per heavy atom. The molecule has 0 atom stereocenters. The predicted octanol–water partition coefficient (Wildman–Crippen LogP) is 2.23. The Balaban J connectivity index is 2.29. The number of ether oxygens (including phenoxy) is 1. The average Bonchev–Trinajstić information content (AvgIpc) is 2.83. The van der Waals surface area contributed by atoms with Crippen LogP contribution < -0.4 is 10.1 Å². The van der Waals surface area contributed by atoms with Gasteiger partial charge in [-0.15, -0.1) is 0 Å². The lowest BCUT2D eigenvalue weighted by Crippen LogP contribution is -2.12. The van der Waals surface area contributed by atoms with Gasteiger partial charge in [0, 0.05) is 11.6 Å².